The summed E-state index contributed by atoms with van der Waals surface area (Å²) in [5, 5.41) is 0. The zero-order chi connectivity index (χ0) is 10.7. The minimum atomic E-state index is 0.706. The zero-order valence-corrected chi connectivity index (χ0v) is 8.66. The summed E-state index contributed by atoms with van der Waals surface area (Å²) in [6.45, 7) is 2.07. The van der Waals surface area contributed by atoms with Crippen molar-refractivity contribution >= 4 is 6.29 Å². The van der Waals surface area contributed by atoms with Gasteiger partial charge in [-0.2, -0.15) is 0 Å². The summed E-state index contributed by atoms with van der Waals surface area (Å²) in [5.74, 6) is 0. The number of benzene rings is 1. The van der Waals surface area contributed by atoms with Crippen LogP contribution in [0.2, 0.25) is 0 Å². The van der Waals surface area contributed by atoms with E-state index in [0.29, 0.717) is 5.56 Å². The number of H-pyrrole nitrogens is 1. The number of aldehydes is 1. The third kappa shape index (κ3) is 2.34. The molecule has 0 aliphatic heterocycles. The van der Waals surface area contributed by atoms with Gasteiger partial charge in [-0.1, -0.05) is 29.8 Å². The zero-order valence-electron chi connectivity index (χ0n) is 8.66. The van der Waals surface area contributed by atoms with Crippen molar-refractivity contribution in [2.24, 2.45) is 0 Å². The topological polar surface area (TPSA) is 32.9 Å². The summed E-state index contributed by atoms with van der Waals surface area (Å²) < 4.78 is 0. The molecule has 2 heteroatoms. The molecule has 0 unspecified atom stereocenters. The Morgan fingerprint density at radius 3 is 2.60 bits per heavy atom. The summed E-state index contributed by atoms with van der Waals surface area (Å²) in [6.07, 6.45) is 3.43. The maximum Gasteiger partial charge on any atom is 0.151 e. The van der Waals surface area contributed by atoms with Crippen LogP contribution in [0.15, 0.2) is 36.5 Å². The Kier molecular flexibility index (Phi) is 2.68. The molecule has 0 amide bonds. The van der Waals surface area contributed by atoms with Gasteiger partial charge in [-0.05, 0) is 18.6 Å². The molecule has 2 rings (SSSR count). The Bertz CT molecular complexity index is 454. The van der Waals surface area contributed by atoms with Crippen molar-refractivity contribution < 1.29 is 4.79 Å². The van der Waals surface area contributed by atoms with Crippen LogP contribution in [0.3, 0.4) is 0 Å². The summed E-state index contributed by atoms with van der Waals surface area (Å²) >= 11 is 0. The van der Waals surface area contributed by atoms with Crippen LogP contribution in [0.4, 0.5) is 0 Å². The van der Waals surface area contributed by atoms with Crippen molar-refractivity contribution in [2.45, 2.75) is 13.3 Å². The van der Waals surface area contributed by atoms with Crippen LogP contribution in [0.1, 0.15) is 27.2 Å². The number of carbonyl (C=O) groups is 1. The number of carbonyl (C=O) groups excluding carboxylic acids is 1. The fraction of sp³-hybridized carbons (Fsp3) is 0.154. The lowest BCUT2D eigenvalue weighted by Crippen LogP contribution is -1.87. The lowest BCUT2D eigenvalue weighted by molar-refractivity contribution is 0.112. The molecule has 15 heavy (non-hydrogen) atoms. The summed E-state index contributed by atoms with van der Waals surface area (Å²) in [4.78, 5) is 13.6. The fourth-order valence-corrected chi connectivity index (χ4v) is 1.56. The predicted octanol–water partition coefficient (Wildman–Crippen LogP) is 2.73. The summed E-state index contributed by atoms with van der Waals surface area (Å²) in [6, 6.07) is 10.3. The second kappa shape index (κ2) is 4.13. The standard InChI is InChI=1S/C13H13NO/c1-10-2-4-11(5-3-10)6-13-7-12(9-15)8-14-13/h2-5,7-9,14H,6H2,1H3. The second-order valence-electron chi connectivity index (χ2n) is 3.74. The Labute approximate surface area is 89.0 Å². The molecule has 0 saturated carbocycles. The van der Waals surface area contributed by atoms with Crippen molar-refractivity contribution in [2.75, 3.05) is 0 Å². The third-order valence-electron chi connectivity index (χ3n) is 2.42. The van der Waals surface area contributed by atoms with Crippen molar-refractivity contribution in [3.8, 4) is 0 Å². The SMILES string of the molecule is Cc1ccc(Cc2cc(C=O)c[nH]2)cc1. The molecule has 0 fully saturated rings. The van der Waals surface area contributed by atoms with Gasteiger partial charge in [-0.3, -0.25) is 4.79 Å². The number of hydrogen-bond donors (Lipinski definition) is 1. The van der Waals surface area contributed by atoms with E-state index in [1.54, 1.807) is 6.20 Å². The molecule has 1 aromatic carbocycles. The number of aryl methyl sites for hydroxylation is 1. The predicted molar refractivity (Wildman–Crippen MR) is 60.2 cm³/mol. The minimum Gasteiger partial charge on any atom is -0.364 e. The second-order valence-corrected chi connectivity index (χ2v) is 3.74. The maximum absolute atomic E-state index is 10.5. The molecule has 0 atom stereocenters. The molecule has 0 spiro atoms. The first kappa shape index (κ1) is 9.71. The largest absolute Gasteiger partial charge is 0.364 e. The number of aromatic nitrogens is 1. The molecule has 2 aromatic rings. The molecular weight excluding hydrogens is 186 g/mol. The quantitative estimate of drug-likeness (QED) is 0.757. The minimum absolute atomic E-state index is 0.706. The highest BCUT2D eigenvalue weighted by molar-refractivity contribution is 5.74. The van der Waals surface area contributed by atoms with Crippen LogP contribution in [0.5, 0.6) is 0 Å². The Morgan fingerprint density at radius 2 is 2.00 bits per heavy atom. The van der Waals surface area contributed by atoms with Gasteiger partial charge in [0.2, 0.25) is 0 Å². The molecule has 0 saturated heterocycles. The molecule has 76 valence electrons. The van der Waals surface area contributed by atoms with Crippen molar-refractivity contribution in [1.29, 1.82) is 0 Å². The molecule has 1 N–H and O–H groups in total. The van der Waals surface area contributed by atoms with E-state index in [4.69, 9.17) is 0 Å². The van der Waals surface area contributed by atoms with Crippen LogP contribution in [-0.4, -0.2) is 11.3 Å². The van der Waals surface area contributed by atoms with Gasteiger partial charge in [-0.15, -0.1) is 0 Å². The van der Waals surface area contributed by atoms with Crippen molar-refractivity contribution in [1.82, 2.24) is 4.98 Å². The first-order valence-corrected chi connectivity index (χ1v) is 4.96. The van der Waals surface area contributed by atoms with E-state index in [9.17, 15) is 4.79 Å². The molecule has 0 aliphatic carbocycles. The van der Waals surface area contributed by atoms with Gasteiger partial charge >= 0.3 is 0 Å². The highest BCUT2D eigenvalue weighted by Crippen LogP contribution is 2.10. The maximum atomic E-state index is 10.5. The monoisotopic (exact) mass is 199 g/mol. The molecule has 2 nitrogen and oxygen atoms in total. The molecular formula is C13H13NO. The first-order chi connectivity index (χ1) is 7.28. The molecule has 1 aromatic heterocycles. The van der Waals surface area contributed by atoms with E-state index < -0.39 is 0 Å². The van der Waals surface area contributed by atoms with Gasteiger partial charge in [0.15, 0.2) is 6.29 Å². The molecule has 0 aliphatic rings. The Balaban J connectivity index is 2.14. The lowest BCUT2D eigenvalue weighted by atomic mass is 10.1. The van der Waals surface area contributed by atoms with Crippen molar-refractivity contribution in [3.05, 3.63) is 58.9 Å². The first-order valence-electron chi connectivity index (χ1n) is 4.96. The van der Waals surface area contributed by atoms with E-state index in [-0.39, 0.29) is 0 Å². The van der Waals surface area contributed by atoms with Gasteiger partial charge in [0.1, 0.15) is 0 Å². The van der Waals surface area contributed by atoms with E-state index >= 15 is 0 Å². The normalized spacial score (nSPS) is 10.2. The molecule has 1 heterocycles. The number of aromatic amines is 1. The van der Waals surface area contributed by atoms with Crippen LogP contribution in [0, 0.1) is 6.92 Å². The van der Waals surface area contributed by atoms with Crippen LogP contribution in [-0.2, 0) is 6.42 Å². The van der Waals surface area contributed by atoms with E-state index in [1.807, 2.05) is 6.07 Å². The van der Waals surface area contributed by atoms with Crippen LogP contribution >= 0.6 is 0 Å². The molecule has 0 bridgehead atoms. The van der Waals surface area contributed by atoms with Crippen LogP contribution in [0.25, 0.3) is 0 Å². The Hall–Kier alpha value is -1.83. The van der Waals surface area contributed by atoms with Gasteiger partial charge < -0.3 is 4.98 Å². The van der Waals surface area contributed by atoms with Gasteiger partial charge in [0.25, 0.3) is 0 Å². The average molecular weight is 199 g/mol. The number of hydrogen-bond acceptors (Lipinski definition) is 1. The highest BCUT2D eigenvalue weighted by atomic mass is 16.1. The van der Waals surface area contributed by atoms with E-state index in [1.165, 1.54) is 11.1 Å². The summed E-state index contributed by atoms with van der Waals surface area (Å²) in [5.41, 5.74) is 4.29. The van der Waals surface area contributed by atoms with E-state index in [0.717, 1.165) is 18.4 Å². The van der Waals surface area contributed by atoms with Gasteiger partial charge in [0, 0.05) is 23.9 Å². The summed E-state index contributed by atoms with van der Waals surface area (Å²) in [7, 11) is 0. The third-order valence-corrected chi connectivity index (χ3v) is 2.42. The molecule has 0 radical (unpaired) electrons. The highest BCUT2D eigenvalue weighted by Gasteiger charge is 1.99. The Morgan fingerprint density at radius 1 is 1.27 bits per heavy atom. The van der Waals surface area contributed by atoms with Gasteiger partial charge in [-0.25, -0.2) is 0 Å². The fourth-order valence-electron chi connectivity index (χ4n) is 1.56. The number of rotatable bonds is 3. The van der Waals surface area contributed by atoms with E-state index in [2.05, 4.69) is 36.2 Å². The van der Waals surface area contributed by atoms with Gasteiger partial charge in [0.05, 0.1) is 0 Å². The van der Waals surface area contributed by atoms with Crippen LogP contribution < -0.4 is 0 Å². The average Bonchev–Trinajstić information content (AvgIpc) is 2.69. The van der Waals surface area contributed by atoms with Crippen molar-refractivity contribution in [3.63, 3.8) is 0 Å². The smallest absolute Gasteiger partial charge is 0.151 e. The lowest BCUT2D eigenvalue weighted by Gasteiger charge is -1.99. The number of nitrogens with one attached hydrogen (secondary N) is 1.